The predicted octanol–water partition coefficient (Wildman–Crippen LogP) is 2.71. The van der Waals surface area contributed by atoms with Gasteiger partial charge in [-0.25, -0.2) is 4.79 Å². The summed E-state index contributed by atoms with van der Waals surface area (Å²) < 4.78 is 11.2. The van der Waals surface area contributed by atoms with E-state index in [1.807, 2.05) is 34.6 Å². The van der Waals surface area contributed by atoms with Crippen LogP contribution in [0.1, 0.15) is 60.8 Å². The summed E-state index contributed by atoms with van der Waals surface area (Å²) in [5.41, 5.74) is -1.01. The molecule has 1 saturated heterocycles. The minimum Gasteiger partial charge on any atom is -0.444 e. The number of ether oxygens (including phenoxy) is 2. The van der Waals surface area contributed by atoms with Crippen LogP contribution in [0.15, 0.2) is 0 Å². The number of rotatable bonds is 6. The van der Waals surface area contributed by atoms with Gasteiger partial charge >= 0.3 is 6.09 Å². The fraction of sp³-hybridized carbons (Fsp3) is 0.882. The van der Waals surface area contributed by atoms with E-state index in [9.17, 15) is 9.59 Å². The fourth-order valence-electron chi connectivity index (χ4n) is 2.59. The number of carbonyl (C=O) groups excluding carboxylic acids is 2. The quantitative estimate of drug-likeness (QED) is 0.814. The number of nitrogens with one attached hydrogen (secondary N) is 1. The molecule has 0 aliphatic carbocycles. The topological polar surface area (TPSA) is 67.9 Å². The lowest BCUT2D eigenvalue weighted by molar-refractivity contribution is -0.132. The maximum atomic E-state index is 12.1. The lowest BCUT2D eigenvalue weighted by Crippen LogP contribution is -2.42. The van der Waals surface area contributed by atoms with E-state index in [1.165, 1.54) is 0 Å². The molecule has 1 aliphatic heterocycles. The van der Waals surface area contributed by atoms with Crippen molar-refractivity contribution in [2.24, 2.45) is 0 Å². The Morgan fingerprint density at radius 3 is 2.57 bits per heavy atom. The summed E-state index contributed by atoms with van der Waals surface area (Å²) in [5.74, 6) is -0.108. The second-order valence-electron chi connectivity index (χ2n) is 7.65. The molecule has 0 bridgehead atoms. The molecule has 1 heterocycles. The van der Waals surface area contributed by atoms with Gasteiger partial charge in [-0.3, -0.25) is 4.79 Å². The molecule has 6 nitrogen and oxygen atoms in total. The molecule has 2 amide bonds. The molecule has 2 unspecified atom stereocenters. The van der Waals surface area contributed by atoms with Crippen molar-refractivity contribution in [1.29, 1.82) is 0 Å². The van der Waals surface area contributed by atoms with Crippen LogP contribution in [0, 0.1) is 0 Å². The largest absolute Gasteiger partial charge is 0.444 e. The van der Waals surface area contributed by atoms with E-state index in [4.69, 9.17) is 9.47 Å². The van der Waals surface area contributed by atoms with Gasteiger partial charge in [-0.15, -0.1) is 0 Å². The molecule has 0 radical (unpaired) electrons. The van der Waals surface area contributed by atoms with Crippen LogP contribution in [-0.4, -0.2) is 53.8 Å². The molecule has 23 heavy (non-hydrogen) atoms. The number of nitrogens with zero attached hydrogens (tertiary/aromatic N) is 1. The summed E-state index contributed by atoms with van der Waals surface area (Å²) in [6.45, 7) is 12.6. The Hall–Kier alpha value is -1.30. The van der Waals surface area contributed by atoms with Crippen molar-refractivity contribution in [3.8, 4) is 0 Å². The van der Waals surface area contributed by atoms with E-state index >= 15 is 0 Å². The summed E-state index contributed by atoms with van der Waals surface area (Å²) in [5, 5.41) is 2.92. The molecule has 0 aromatic carbocycles. The zero-order valence-corrected chi connectivity index (χ0v) is 15.4. The Morgan fingerprint density at radius 2 is 2.00 bits per heavy atom. The third kappa shape index (κ3) is 7.20. The number of hydrogen-bond donors (Lipinski definition) is 1. The molecule has 1 aliphatic rings. The van der Waals surface area contributed by atoms with E-state index in [0.717, 1.165) is 12.8 Å². The van der Waals surface area contributed by atoms with Gasteiger partial charge in [0, 0.05) is 12.6 Å². The molecule has 0 aromatic heterocycles. The van der Waals surface area contributed by atoms with Crippen LogP contribution in [0.3, 0.4) is 0 Å². The third-order valence-electron chi connectivity index (χ3n) is 3.77. The Bertz CT molecular complexity index is 419. The monoisotopic (exact) mass is 328 g/mol. The first kappa shape index (κ1) is 19.7. The molecule has 1 fully saturated rings. The first-order chi connectivity index (χ1) is 10.5. The number of amides is 2. The average Bonchev–Trinajstić information content (AvgIpc) is 2.78. The second kappa shape index (κ2) is 7.99. The van der Waals surface area contributed by atoms with Gasteiger partial charge in [-0.2, -0.15) is 0 Å². The highest BCUT2D eigenvalue weighted by Crippen LogP contribution is 2.26. The highest BCUT2D eigenvalue weighted by Gasteiger charge is 2.39. The van der Waals surface area contributed by atoms with Crippen LogP contribution in [0.25, 0.3) is 0 Å². The summed E-state index contributed by atoms with van der Waals surface area (Å²) in [6, 6.07) is 0.158. The van der Waals surface area contributed by atoms with E-state index in [2.05, 4.69) is 12.2 Å². The maximum Gasteiger partial charge on any atom is 0.410 e. The molecule has 0 aromatic rings. The molecule has 1 N–H and O–H groups in total. The van der Waals surface area contributed by atoms with Crippen molar-refractivity contribution in [2.45, 2.75) is 78.0 Å². The van der Waals surface area contributed by atoms with Gasteiger partial charge in [0.2, 0.25) is 5.91 Å². The van der Waals surface area contributed by atoms with Gasteiger partial charge in [-0.1, -0.05) is 13.3 Å². The molecule has 134 valence electrons. The first-order valence-corrected chi connectivity index (χ1v) is 8.46. The van der Waals surface area contributed by atoms with Crippen molar-refractivity contribution in [3.63, 3.8) is 0 Å². The normalized spacial score (nSPS) is 22.8. The van der Waals surface area contributed by atoms with E-state index in [1.54, 1.807) is 4.90 Å². The lowest BCUT2D eigenvalue weighted by Gasteiger charge is -2.27. The molecular formula is C17H32N2O4. The zero-order chi connectivity index (χ0) is 17.7. The van der Waals surface area contributed by atoms with Gasteiger partial charge in [-0.05, 0) is 47.5 Å². The SMILES string of the molecule is CCCC(C)NC(=O)COC1(C)CCN(C(=O)OC(C)(C)C)C1. The Morgan fingerprint density at radius 1 is 1.35 bits per heavy atom. The average molecular weight is 328 g/mol. The first-order valence-electron chi connectivity index (χ1n) is 8.46. The Labute approximate surface area is 139 Å². The highest BCUT2D eigenvalue weighted by atomic mass is 16.6. The van der Waals surface area contributed by atoms with Crippen molar-refractivity contribution in [1.82, 2.24) is 10.2 Å². The van der Waals surface area contributed by atoms with Gasteiger partial charge in [0.15, 0.2) is 0 Å². The minimum atomic E-state index is -0.508. The van der Waals surface area contributed by atoms with Crippen LogP contribution in [-0.2, 0) is 14.3 Å². The summed E-state index contributed by atoms with van der Waals surface area (Å²) in [4.78, 5) is 25.6. The van der Waals surface area contributed by atoms with Crippen molar-refractivity contribution >= 4 is 12.0 Å². The lowest BCUT2D eigenvalue weighted by atomic mass is 10.1. The summed E-state index contributed by atoms with van der Waals surface area (Å²) in [6.07, 6.45) is 2.36. The highest BCUT2D eigenvalue weighted by molar-refractivity contribution is 5.77. The standard InChI is InChI=1S/C17H32N2O4/c1-7-8-13(2)18-14(20)11-22-17(6)9-10-19(12-17)15(21)23-16(3,4)5/h13H,7-12H2,1-6H3,(H,18,20). The number of carbonyl (C=O) groups is 2. The smallest absolute Gasteiger partial charge is 0.410 e. The van der Waals surface area contributed by atoms with Gasteiger partial charge in [0.05, 0.1) is 12.1 Å². The van der Waals surface area contributed by atoms with Crippen LogP contribution < -0.4 is 5.32 Å². The van der Waals surface area contributed by atoms with Crippen LogP contribution in [0.5, 0.6) is 0 Å². The van der Waals surface area contributed by atoms with Gasteiger partial charge in [0.25, 0.3) is 0 Å². The van der Waals surface area contributed by atoms with E-state index in [0.29, 0.717) is 19.5 Å². The van der Waals surface area contributed by atoms with E-state index < -0.39 is 11.2 Å². The summed E-state index contributed by atoms with van der Waals surface area (Å²) >= 11 is 0. The van der Waals surface area contributed by atoms with Crippen molar-refractivity contribution in [3.05, 3.63) is 0 Å². The Kier molecular flexibility index (Phi) is 6.86. The molecule has 1 rings (SSSR count). The predicted molar refractivity (Wildman–Crippen MR) is 89.3 cm³/mol. The van der Waals surface area contributed by atoms with Crippen LogP contribution in [0.4, 0.5) is 4.79 Å². The second-order valence-corrected chi connectivity index (χ2v) is 7.65. The molecule has 0 spiro atoms. The maximum absolute atomic E-state index is 12.1. The third-order valence-corrected chi connectivity index (χ3v) is 3.77. The van der Waals surface area contributed by atoms with E-state index in [-0.39, 0.29) is 24.6 Å². The van der Waals surface area contributed by atoms with Crippen LogP contribution >= 0.6 is 0 Å². The van der Waals surface area contributed by atoms with Crippen LogP contribution in [0.2, 0.25) is 0 Å². The zero-order valence-electron chi connectivity index (χ0n) is 15.4. The molecule has 6 heteroatoms. The molecule has 0 saturated carbocycles. The van der Waals surface area contributed by atoms with Gasteiger partial charge < -0.3 is 19.7 Å². The number of likely N-dealkylation sites (tertiary alicyclic amines) is 1. The van der Waals surface area contributed by atoms with Crippen molar-refractivity contribution in [2.75, 3.05) is 19.7 Å². The van der Waals surface area contributed by atoms with Gasteiger partial charge in [0.1, 0.15) is 12.2 Å². The number of hydrogen-bond acceptors (Lipinski definition) is 4. The Balaban J connectivity index is 2.41. The van der Waals surface area contributed by atoms with Crippen molar-refractivity contribution < 1.29 is 19.1 Å². The fourth-order valence-corrected chi connectivity index (χ4v) is 2.59. The minimum absolute atomic E-state index is 0.0205. The molecular weight excluding hydrogens is 296 g/mol. The summed E-state index contributed by atoms with van der Waals surface area (Å²) in [7, 11) is 0. The molecule has 2 atom stereocenters.